The number of hydrogen-bond donors (Lipinski definition) is 0. The summed E-state index contributed by atoms with van der Waals surface area (Å²) in [5.74, 6) is 0. The topological polar surface area (TPSA) is 50.1 Å². The lowest BCUT2D eigenvalue weighted by atomic mass is 10.2. The SMILES string of the molecule is CC(C)(C)OS([NH])=O. The molecule has 0 spiro atoms. The minimum Gasteiger partial charge on any atom is -0.272 e. The van der Waals surface area contributed by atoms with E-state index < -0.39 is 16.9 Å². The molecule has 0 saturated heterocycles. The van der Waals surface area contributed by atoms with Crippen LogP contribution in [0.2, 0.25) is 0 Å². The zero-order valence-corrected chi connectivity index (χ0v) is 6.04. The standard InChI is InChI=1S/C4H10NO2S/c1-4(2,3)7-8(5)6/h5H,1-3H3. The second kappa shape index (κ2) is 2.57. The van der Waals surface area contributed by atoms with Gasteiger partial charge in [-0.1, -0.05) is 0 Å². The van der Waals surface area contributed by atoms with Gasteiger partial charge >= 0.3 is 0 Å². The summed E-state index contributed by atoms with van der Waals surface area (Å²) in [6.07, 6.45) is 0. The van der Waals surface area contributed by atoms with Crippen LogP contribution in [0.3, 0.4) is 0 Å². The van der Waals surface area contributed by atoms with Gasteiger partial charge in [-0.25, -0.2) is 4.21 Å². The lowest BCUT2D eigenvalue weighted by molar-refractivity contribution is 0.152. The van der Waals surface area contributed by atoms with Crippen LogP contribution in [0.4, 0.5) is 0 Å². The van der Waals surface area contributed by atoms with Crippen molar-refractivity contribution < 1.29 is 8.39 Å². The van der Waals surface area contributed by atoms with Gasteiger partial charge in [0.25, 0.3) is 0 Å². The number of nitrogens with one attached hydrogen (secondary N) is 1. The molecule has 0 bridgehead atoms. The summed E-state index contributed by atoms with van der Waals surface area (Å²) >= 11 is -1.89. The fraction of sp³-hybridized carbons (Fsp3) is 1.00. The molecule has 0 amide bonds. The molecule has 0 aromatic rings. The third kappa shape index (κ3) is 6.07. The molecule has 8 heavy (non-hydrogen) atoms. The van der Waals surface area contributed by atoms with Crippen LogP contribution in [0, 0.1) is 0 Å². The van der Waals surface area contributed by atoms with Crippen molar-refractivity contribution in [2.24, 2.45) is 0 Å². The molecule has 1 N–H and O–H groups in total. The van der Waals surface area contributed by atoms with Crippen LogP contribution in [-0.2, 0) is 15.4 Å². The molecule has 49 valence electrons. The Morgan fingerprint density at radius 1 is 1.50 bits per heavy atom. The van der Waals surface area contributed by atoms with E-state index in [-0.39, 0.29) is 0 Å². The molecule has 3 nitrogen and oxygen atoms in total. The molecule has 0 aromatic carbocycles. The maximum Gasteiger partial charge on any atom is 0.250 e. The Hall–Kier alpha value is 0.0700. The Morgan fingerprint density at radius 2 is 1.88 bits per heavy atom. The molecule has 0 fully saturated rings. The normalized spacial score (nSPS) is 16.0. The highest BCUT2D eigenvalue weighted by atomic mass is 32.2. The van der Waals surface area contributed by atoms with Gasteiger partial charge in [0, 0.05) is 0 Å². The van der Waals surface area contributed by atoms with Gasteiger partial charge in [0.2, 0.25) is 11.3 Å². The lowest BCUT2D eigenvalue weighted by Gasteiger charge is -2.14. The highest BCUT2D eigenvalue weighted by Gasteiger charge is 2.12. The van der Waals surface area contributed by atoms with Gasteiger partial charge in [0.15, 0.2) is 0 Å². The highest BCUT2D eigenvalue weighted by Crippen LogP contribution is 2.06. The summed E-state index contributed by atoms with van der Waals surface area (Å²) in [7, 11) is 0. The van der Waals surface area contributed by atoms with E-state index in [1.54, 1.807) is 20.8 Å². The van der Waals surface area contributed by atoms with Crippen molar-refractivity contribution in [2.75, 3.05) is 0 Å². The summed E-state index contributed by atoms with van der Waals surface area (Å²) in [5, 5.41) is 6.48. The van der Waals surface area contributed by atoms with Gasteiger partial charge in [-0.05, 0) is 20.8 Å². The van der Waals surface area contributed by atoms with Gasteiger partial charge in [-0.3, -0.25) is 4.18 Å². The van der Waals surface area contributed by atoms with Gasteiger partial charge in [-0.2, -0.15) is 0 Å². The Labute approximate surface area is 52.0 Å². The van der Waals surface area contributed by atoms with Crippen molar-refractivity contribution in [3.05, 3.63) is 0 Å². The summed E-state index contributed by atoms with van der Waals surface area (Å²) in [6.45, 7) is 5.25. The second-order valence-electron chi connectivity index (χ2n) is 2.43. The maximum absolute atomic E-state index is 10.0. The molecule has 0 heterocycles. The van der Waals surface area contributed by atoms with Crippen molar-refractivity contribution in [1.29, 1.82) is 0 Å². The third-order valence-corrected chi connectivity index (χ3v) is 0.977. The van der Waals surface area contributed by atoms with Gasteiger partial charge in [-0.15, -0.1) is 5.14 Å². The molecule has 1 unspecified atom stereocenters. The largest absolute Gasteiger partial charge is 0.272 e. The second-order valence-corrected chi connectivity index (χ2v) is 3.07. The monoisotopic (exact) mass is 136 g/mol. The minimum atomic E-state index is -1.89. The molecule has 0 saturated carbocycles. The smallest absolute Gasteiger partial charge is 0.250 e. The van der Waals surface area contributed by atoms with Crippen LogP contribution in [0.5, 0.6) is 0 Å². The zero-order chi connectivity index (χ0) is 6.78. The van der Waals surface area contributed by atoms with Crippen molar-refractivity contribution >= 4 is 11.3 Å². The van der Waals surface area contributed by atoms with E-state index in [1.807, 2.05) is 0 Å². The van der Waals surface area contributed by atoms with Crippen LogP contribution in [-0.4, -0.2) is 9.81 Å². The van der Waals surface area contributed by atoms with E-state index in [1.165, 1.54) is 0 Å². The minimum absolute atomic E-state index is 0.466. The average Bonchev–Trinajstić information content (AvgIpc) is 1.21. The van der Waals surface area contributed by atoms with Gasteiger partial charge in [0.05, 0.1) is 5.60 Å². The first-order valence-corrected chi connectivity index (χ1v) is 3.32. The third-order valence-electron chi connectivity index (χ3n) is 0.326. The number of hydrogen-bond acceptors (Lipinski definition) is 2. The molecular formula is C4H10NO2S. The summed E-state index contributed by atoms with van der Waals surface area (Å²) in [6, 6.07) is 0. The van der Waals surface area contributed by atoms with E-state index in [4.69, 9.17) is 5.14 Å². The predicted octanol–water partition coefficient (Wildman–Crippen LogP) is 0.663. The van der Waals surface area contributed by atoms with Crippen LogP contribution in [0.1, 0.15) is 20.8 Å². The lowest BCUT2D eigenvalue weighted by Crippen LogP contribution is -2.20. The quantitative estimate of drug-likeness (QED) is 0.531. The summed E-state index contributed by atoms with van der Waals surface area (Å²) in [4.78, 5) is 0. The Kier molecular flexibility index (Phi) is 2.59. The van der Waals surface area contributed by atoms with Crippen molar-refractivity contribution in [3.63, 3.8) is 0 Å². The molecule has 4 heteroatoms. The van der Waals surface area contributed by atoms with E-state index in [2.05, 4.69) is 4.18 Å². The van der Waals surface area contributed by atoms with E-state index >= 15 is 0 Å². The highest BCUT2D eigenvalue weighted by molar-refractivity contribution is 7.77. The molecular weight excluding hydrogens is 126 g/mol. The fourth-order valence-corrected chi connectivity index (χ4v) is 0.681. The van der Waals surface area contributed by atoms with Crippen molar-refractivity contribution in [1.82, 2.24) is 5.14 Å². The number of rotatable bonds is 1. The van der Waals surface area contributed by atoms with Crippen LogP contribution >= 0.6 is 0 Å². The molecule has 0 aliphatic heterocycles. The molecule has 1 radical (unpaired) electrons. The van der Waals surface area contributed by atoms with Crippen molar-refractivity contribution in [2.45, 2.75) is 26.4 Å². The Balaban J connectivity index is 3.55. The van der Waals surface area contributed by atoms with Crippen LogP contribution < -0.4 is 5.14 Å². The van der Waals surface area contributed by atoms with Gasteiger partial charge < -0.3 is 0 Å². The Bertz CT molecular complexity index is 96.7. The first-order chi connectivity index (χ1) is 3.42. The summed E-state index contributed by atoms with van der Waals surface area (Å²) in [5.41, 5.74) is -0.466. The van der Waals surface area contributed by atoms with E-state index in [9.17, 15) is 4.21 Å². The zero-order valence-electron chi connectivity index (χ0n) is 5.22. The summed E-state index contributed by atoms with van der Waals surface area (Å²) < 4.78 is 14.6. The first-order valence-electron chi connectivity index (χ1n) is 2.24. The molecule has 0 aliphatic carbocycles. The molecule has 0 rings (SSSR count). The fourth-order valence-electron chi connectivity index (χ4n) is 0.227. The van der Waals surface area contributed by atoms with Gasteiger partial charge in [0.1, 0.15) is 0 Å². The van der Waals surface area contributed by atoms with E-state index in [0.717, 1.165) is 0 Å². The molecule has 0 aromatic heterocycles. The molecule has 1 atom stereocenters. The molecule has 0 aliphatic rings. The maximum atomic E-state index is 10.0. The van der Waals surface area contributed by atoms with Crippen molar-refractivity contribution in [3.8, 4) is 0 Å². The average molecular weight is 136 g/mol. The first kappa shape index (κ1) is 8.07. The predicted molar refractivity (Wildman–Crippen MR) is 32.1 cm³/mol. The van der Waals surface area contributed by atoms with Crippen LogP contribution in [0.15, 0.2) is 0 Å². The van der Waals surface area contributed by atoms with E-state index in [0.29, 0.717) is 0 Å². The van der Waals surface area contributed by atoms with Crippen LogP contribution in [0.25, 0.3) is 0 Å². The Morgan fingerprint density at radius 3 is 1.88 bits per heavy atom.